The van der Waals surface area contributed by atoms with Gasteiger partial charge in [0.15, 0.2) is 0 Å². The molecule has 2 heterocycles. The molecule has 2 aliphatic heterocycles. The molecule has 2 bridgehead atoms. The molecule has 6 heteroatoms. The molecular formula is C20H22O6. The van der Waals surface area contributed by atoms with Gasteiger partial charge in [-0.1, -0.05) is 18.2 Å². The van der Waals surface area contributed by atoms with Gasteiger partial charge < -0.3 is 14.2 Å². The number of hydrogen-bond acceptors (Lipinski definition) is 6. The normalized spacial score (nSPS) is 31.5. The van der Waals surface area contributed by atoms with Gasteiger partial charge in [0.25, 0.3) is 0 Å². The fraction of sp³-hybridized carbons (Fsp3) is 0.450. The molecule has 1 aliphatic carbocycles. The third kappa shape index (κ3) is 3.36. The number of allylic oxidation sites excluding steroid dienone is 1. The van der Waals surface area contributed by atoms with Gasteiger partial charge in [-0.3, -0.25) is 0 Å². The van der Waals surface area contributed by atoms with Crippen LogP contribution in [0.1, 0.15) is 33.6 Å². The Morgan fingerprint density at radius 1 is 1.23 bits per heavy atom. The fourth-order valence-electron chi connectivity index (χ4n) is 3.44. The minimum Gasteiger partial charge on any atom is -0.458 e. The fourth-order valence-corrected chi connectivity index (χ4v) is 3.44. The van der Waals surface area contributed by atoms with Gasteiger partial charge in [-0.25, -0.2) is 14.4 Å². The zero-order chi connectivity index (χ0) is 19.0. The third-order valence-corrected chi connectivity index (χ3v) is 4.98. The van der Waals surface area contributed by atoms with E-state index in [9.17, 15) is 14.4 Å². The summed E-state index contributed by atoms with van der Waals surface area (Å²) in [6, 6.07) is 0. The number of fused-ring (bicyclic) bond motifs is 2. The zero-order valence-corrected chi connectivity index (χ0v) is 15.1. The highest BCUT2D eigenvalue weighted by atomic mass is 16.6. The molecule has 0 radical (unpaired) electrons. The Morgan fingerprint density at radius 3 is 2.65 bits per heavy atom. The molecule has 0 unspecified atom stereocenters. The van der Waals surface area contributed by atoms with Crippen LogP contribution in [-0.4, -0.2) is 36.2 Å². The van der Waals surface area contributed by atoms with Crippen LogP contribution in [0, 0.1) is 5.92 Å². The molecule has 0 aromatic heterocycles. The highest BCUT2D eigenvalue weighted by molar-refractivity contribution is 5.93. The van der Waals surface area contributed by atoms with Crippen molar-refractivity contribution in [1.82, 2.24) is 0 Å². The van der Waals surface area contributed by atoms with Crippen molar-refractivity contribution in [1.29, 1.82) is 0 Å². The maximum Gasteiger partial charge on any atom is 0.334 e. The Morgan fingerprint density at radius 2 is 1.96 bits per heavy atom. The van der Waals surface area contributed by atoms with Gasteiger partial charge in [-0.2, -0.15) is 0 Å². The Hall–Kier alpha value is -2.63. The van der Waals surface area contributed by atoms with Gasteiger partial charge >= 0.3 is 17.9 Å². The van der Waals surface area contributed by atoms with Crippen LogP contribution >= 0.6 is 0 Å². The van der Waals surface area contributed by atoms with Gasteiger partial charge in [0.1, 0.15) is 18.3 Å². The lowest BCUT2D eigenvalue weighted by Crippen LogP contribution is -2.34. The Bertz CT molecular complexity index is 769. The monoisotopic (exact) mass is 358 g/mol. The molecule has 0 saturated carbocycles. The molecule has 3 aliphatic rings. The van der Waals surface area contributed by atoms with Crippen LogP contribution in [0.2, 0.25) is 0 Å². The van der Waals surface area contributed by atoms with E-state index in [-0.39, 0.29) is 18.1 Å². The van der Waals surface area contributed by atoms with E-state index in [4.69, 9.17) is 14.2 Å². The standard InChI is InChI=1S/C20H22O6/c1-5-11(3)18(21)25-16-9-13-8-14(24-20(13)23)6-10(2)7-15-17(16)12(4)19(22)26-15/h5,7-8,14-17H,4,6,9H2,1-3H3/t14-,15-,16+,17+/m1/s1. The lowest BCUT2D eigenvalue weighted by Gasteiger charge is -2.26. The quantitative estimate of drug-likeness (QED) is 0.327. The van der Waals surface area contributed by atoms with Gasteiger partial charge in [0.2, 0.25) is 0 Å². The summed E-state index contributed by atoms with van der Waals surface area (Å²) in [5.74, 6) is -1.96. The van der Waals surface area contributed by atoms with Gasteiger partial charge in [0.05, 0.1) is 5.92 Å². The first-order valence-electron chi connectivity index (χ1n) is 8.62. The van der Waals surface area contributed by atoms with Crippen molar-refractivity contribution >= 4 is 17.9 Å². The van der Waals surface area contributed by atoms with Crippen molar-refractivity contribution in [2.75, 3.05) is 0 Å². The molecule has 0 spiro atoms. The SMILES string of the molecule is C=C1C(=O)O[C@@H]2C=C(C)C[C@@H]3C=C(C[C@H](OC(=O)C(C)=CC)[C@@H]12)C(=O)O3. The maximum absolute atomic E-state index is 12.3. The summed E-state index contributed by atoms with van der Waals surface area (Å²) in [6.45, 7) is 9.10. The van der Waals surface area contributed by atoms with Crippen molar-refractivity contribution in [3.8, 4) is 0 Å². The van der Waals surface area contributed by atoms with E-state index in [1.54, 1.807) is 26.0 Å². The summed E-state index contributed by atoms with van der Waals surface area (Å²) in [5.41, 5.74) is 2.07. The van der Waals surface area contributed by atoms with Crippen LogP contribution in [0.5, 0.6) is 0 Å². The first kappa shape index (κ1) is 18.2. The van der Waals surface area contributed by atoms with E-state index in [1.807, 2.05) is 13.0 Å². The summed E-state index contributed by atoms with van der Waals surface area (Å²) >= 11 is 0. The van der Waals surface area contributed by atoms with Gasteiger partial charge in [-0.15, -0.1) is 0 Å². The molecule has 138 valence electrons. The molecule has 0 amide bonds. The number of rotatable bonds is 2. The topological polar surface area (TPSA) is 78.9 Å². The van der Waals surface area contributed by atoms with Crippen LogP contribution in [0.4, 0.5) is 0 Å². The number of hydrogen-bond donors (Lipinski definition) is 0. The lowest BCUT2D eigenvalue weighted by molar-refractivity contribution is -0.148. The molecule has 1 fully saturated rings. The molecule has 0 aromatic carbocycles. The lowest BCUT2D eigenvalue weighted by atomic mass is 9.85. The molecule has 0 N–H and O–H groups in total. The van der Waals surface area contributed by atoms with E-state index in [0.29, 0.717) is 17.6 Å². The molecule has 4 atom stereocenters. The van der Waals surface area contributed by atoms with Gasteiger partial charge in [0, 0.05) is 29.6 Å². The minimum atomic E-state index is -0.749. The second kappa shape index (κ2) is 6.94. The maximum atomic E-state index is 12.3. The van der Waals surface area contributed by atoms with Crippen molar-refractivity contribution < 1.29 is 28.6 Å². The summed E-state index contributed by atoms with van der Waals surface area (Å²) < 4.78 is 16.5. The number of carbonyl (C=O) groups excluding carboxylic acids is 3. The number of esters is 3. The second-order valence-electron chi connectivity index (χ2n) is 6.89. The Balaban J connectivity index is 2.00. The van der Waals surface area contributed by atoms with E-state index < -0.39 is 36.0 Å². The largest absolute Gasteiger partial charge is 0.458 e. The molecule has 26 heavy (non-hydrogen) atoms. The van der Waals surface area contributed by atoms with E-state index in [0.717, 1.165) is 5.57 Å². The summed E-state index contributed by atoms with van der Waals surface area (Å²) in [4.78, 5) is 36.6. The van der Waals surface area contributed by atoms with Crippen LogP contribution in [-0.2, 0) is 28.6 Å². The van der Waals surface area contributed by atoms with Crippen LogP contribution < -0.4 is 0 Å². The van der Waals surface area contributed by atoms with Crippen LogP contribution in [0.3, 0.4) is 0 Å². The van der Waals surface area contributed by atoms with Crippen molar-refractivity contribution in [2.45, 2.75) is 51.9 Å². The van der Waals surface area contributed by atoms with Crippen molar-refractivity contribution in [3.05, 3.63) is 47.1 Å². The number of ether oxygens (including phenoxy) is 3. The van der Waals surface area contributed by atoms with Crippen LogP contribution in [0.25, 0.3) is 0 Å². The smallest absolute Gasteiger partial charge is 0.334 e. The Labute approximate surface area is 152 Å². The highest BCUT2D eigenvalue weighted by Gasteiger charge is 2.46. The van der Waals surface area contributed by atoms with Gasteiger partial charge in [-0.05, 0) is 32.9 Å². The van der Waals surface area contributed by atoms with E-state index in [1.165, 1.54) is 0 Å². The van der Waals surface area contributed by atoms with E-state index >= 15 is 0 Å². The highest BCUT2D eigenvalue weighted by Crippen LogP contribution is 2.38. The summed E-state index contributed by atoms with van der Waals surface area (Å²) in [6.07, 6.45) is 4.26. The van der Waals surface area contributed by atoms with Crippen molar-refractivity contribution in [3.63, 3.8) is 0 Å². The zero-order valence-electron chi connectivity index (χ0n) is 15.1. The second-order valence-corrected chi connectivity index (χ2v) is 6.89. The predicted molar refractivity (Wildman–Crippen MR) is 92.8 cm³/mol. The first-order valence-corrected chi connectivity index (χ1v) is 8.62. The summed E-state index contributed by atoms with van der Waals surface area (Å²) in [5, 5.41) is 0. The molecule has 6 nitrogen and oxygen atoms in total. The van der Waals surface area contributed by atoms with Crippen LogP contribution in [0.15, 0.2) is 47.1 Å². The third-order valence-electron chi connectivity index (χ3n) is 4.98. The average Bonchev–Trinajstić information content (AvgIpc) is 3.04. The summed E-state index contributed by atoms with van der Waals surface area (Å²) in [7, 11) is 0. The van der Waals surface area contributed by atoms with E-state index in [2.05, 4.69) is 6.58 Å². The number of carbonyl (C=O) groups is 3. The Kier molecular flexibility index (Phi) is 4.85. The minimum absolute atomic E-state index is 0.155. The molecule has 0 aromatic rings. The molecule has 1 saturated heterocycles. The molecule has 3 rings (SSSR count). The average molecular weight is 358 g/mol. The predicted octanol–water partition coefficient (Wildman–Crippen LogP) is 2.55. The van der Waals surface area contributed by atoms with Crippen molar-refractivity contribution in [2.24, 2.45) is 5.92 Å². The molecular weight excluding hydrogens is 336 g/mol. The first-order chi connectivity index (χ1) is 12.3.